The van der Waals surface area contributed by atoms with Crippen molar-refractivity contribution < 1.29 is 14.1 Å². The Morgan fingerprint density at radius 2 is 2.10 bits per heavy atom. The van der Waals surface area contributed by atoms with Crippen LogP contribution in [-0.4, -0.2) is 15.9 Å². The molecule has 3 rings (SSSR count). The topological polar surface area (TPSA) is 65.2 Å². The van der Waals surface area contributed by atoms with Gasteiger partial charge in [-0.2, -0.15) is 4.98 Å². The number of carbonyl (C=O) groups excluding carboxylic acids is 1. The van der Waals surface area contributed by atoms with E-state index >= 15 is 0 Å². The molecule has 0 aliphatic carbocycles. The fourth-order valence-electron chi connectivity index (χ4n) is 1.75. The van der Waals surface area contributed by atoms with E-state index < -0.39 is 0 Å². The van der Waals surface area contributed by atoms with Gasteiger partial charge in [-0.3, -0.25) is 4.79 Å². The normalized spacial score (nSPS) is 10.5. The SMILES string of the molecule is CC(=O)c1ccc(OCc2nc(-c3cccs3)no2)cc1. The Morgan fingerprint density at radius 3 is 2.76 bits per heavy atom. The van der Waals surface area contributed by atoms with E-state index in [1.54, 1.807) is 35.6 Å². The summed E-state index contributed by atoms with van der Waals surface area (Å²) in [5, 5.41) is 5.86. The molecule has 0 amide bonds. The Morgan fingerprint density at radius 1 is 1.29 bits per heavy atom. The van der Waals surface area contributed by atoms with Gasteiger partial charge in [0.2, 0.25) is 5.82 Å². The molecule has 106 valence electrons. The van der Waals surface area contributed by atoms with E-state index in [0.717, 1.165) is 4.88 Å². The minimum Gasteiger partial charge on any atom is -0.484 e. The summed E-state index contributed by atoms with van der Waals surface area (Å²) in [6.45, 7) is 1.72. The molecule has 0 saturated carbocycles. The van der Waals surface area contributed by atoms with E-state index in [1.807, 2.05) is 17.5 Å². The van der Waals surface area contributed by atoms with Gasteiger partial charge in [0.1, 0.15) is 5.75 Å². The fraction of sp³-hybridized carbons (Fsp3) is 0.133. The van der Waals surface area contributed by atoms with Crippen molar-refractivity contribution >= 4 is 17.1 Å². The minimum atomic E-state index is 0.0269. The molecule has 21 heavy (non-hydrogen) atoms. The lowest BCUT2D eigenvalue weighted by atomic mass is 10.1. The van der Waals surface area contributed by atoms with Gasteiger partial charge in [-0.05, 0) is 42.6 Å². The van der Waals surface area contributed by atoms with Gasteiger partial charge in [-0.25, -0.2) is 0 Å². The molecule has 5 nitrogen and oxygen atoms in total. The maximum atomic E-state index is 11.2. The summed E-state index contributed by atoms with van der Waals surface area (Å²) in [6, 6.07) is 10.8. The Hall–Kier alpha value is -2.47. The first-order valence-corrected chi connectivity index (χ1v) is 7.20. The van der Waals surface area contributed by atoms with Crippen molar-refractivity contribution in [1.82, 2.24) is 10.1 Å². The van der Waals surface area contributed by atoms with Gasteiger partial charge < -0.3 is 9.26 Å². The van der Waals surface area contributed by atoms with Crippen molar-refractivity contribution in [2.45, 2.75) is 13.5 Å². The van der Waals surface area contributed by atoms with Crippen LogP contribution < -0.4 is 4.74 Å². The van der Waals surface area contributed by atoms with Crippen molar-refractivity contribution in [3.8, 4) is 16.5 Å². The number of rotatable bonds is 5. The number of nitrogens with zero attached hydrogens (tertiary/aromatic N) is 2. The third kappa shape index (κ3) is 3.17. The quantitative estimate of drug-likeness (QED) is 0.674. The molecule has 2 heterocycles. The molecule has 0 aliphatic heterocycles. The minimum absolute atomic E-state index is 0.0269. The number of ether oxygens (including phenoxy) is 1. The predicted octanol–water partition coefficient (Wildman–Crippen LogP) is 3.58. The van der Waals surface area contributed by atoms with Gasteiger partial charge in [0.15, 0.2) is 12.4 Å². The molecule has 0 bridgehead atoms. The largest absolute Gasteiger partial charge is 0.484 e. The molecule has 0 unspecified atom stereocenters. The van der Waals surface area contributed by atoms with E-state index in [9.17, 15) is 4.79 Å². The lowest BCUT2D eigenvalue weighted by Crippen LogP contribution is -1.97. The average Bonchev–Trinajstić information content (AvgIpc) is 3.16. The lowest BCUT2D eigenvalue weighted by molar-refractivity contribution is 0.101. The second kappa shape index (κ2) is 5.88. The lowest BCUT2D eigenvalue weighted by Gasteiger charge is -2.03. The van der Waals surface area contributed by atoms with Crippen LogP contribution in [0.4, 0.5) is 0 Å². The summed E-state index contributed by atoms with van der Waals surface area (Å²) >= 11 is 1.55. The summed E-state index contributed by atoms with van der Waals surface area (Å²) in [5.74, 6) is 1.65. The van der Waals surface area contributed by atoms with Crippen LogP contribution in [0.5, 0.6) is 5.75 Å². The van der Waals surface area contributed by atoms with Gasteiger partial charge in [0.25, 0.3) is 5.89 Å². The summed E-state index contributed by atoms with van der Waals surface area (Å²) in [5.41, 5.74) is 0.653. The highest BCUT2D eigenvalue weighted by molar-refractivity contribution is 7.13. The number of benzene rings is 1. The molecule has 0 aliphatic rings. The van der Waals surface area contributed by atoms with Crippen molar-refractivity contribution in [1.29, 1.82) is 0 Å². The number of hydrogen-bond donors (Lipinski definition) is 0. The van der Waals surface area contributed by atoms with E-state index in [4.69, 9.17) is 9.26 Å². The second-order valence-electron chi connectivity index (χ2n) is 4.36. The highest BCUT2D eigenvalue weighted by Gasteiger charge is 2.10. The smallest absolute Gasteiger partial charge is 0.264 e. The maximum Gasteiger partial charge on any atom is 0.264 e. The molecular weight excluding hydrogens is 288 g/mol. The van der Waals surface area contributed by atoms with Crippen molar-refractivity contribution in [2.75, 3.05) is 0 Å². The predicted molar refractivity (Wildman–Crippen MR) is 78.4 cm³/mol. The second-order valence-corrected chi connectivity index (χ2v) is 5.31. The highest BCUT2D eigenvalue weighted by atomic mass is 32.1. The average molecular weight is 300 g/mol. The van der Waals surface area contributed by atoms with Crippen molar-refractivity contribution in [2.24, 2.45) is 0 Å². The van der Waals surface area contributed by atoms with Gasteiger partial charge in [-0.15, -0.1) is 11.3 Å². The van der Waals surface area contributed by atoms with E-state index in [1.165, 1.54) is 6.92 Å². The number of hydrogen-bond acceptors (Lipinski definition) is 6. The van der Waals surface area contributed by atoms with Gasteiger partial charge in [0.05, 0.1) is 4.88 Å². The van der Waals surface area contributed by atoms with E-state index in [2.05, 4.69) is 10.1 Å². The summed E-state index contributed by atoms with van der Waals surface area (Å²) in [4.78, 5) is 16.4. The van der Waals surface area contributed by atoms with Gasteiger partial charge >= 0.3 is 0 Å². The van der Waals surface area contributed by atoms with E-state index in [0.29, 0.717) is 23.0 Å². The molecule has 6 heteroatoms. The first-order chi connectivity index (χ1) is 10.2. The van der Waals surface area contributed by atoms with E-state index in [-0.39, 0.29) is 12.4 Å². The standard InChI is InChI=1S/C15H12N2O3S/c1-10(18)11-4-6-12(7-5-11)19-9-14-16-15(17-20-14)13-3-2-8-21-13/h2-8H,9H2,1H3. The van der Waals surface area contributed by atoms with Crippen LogP contribution in [0, 0.1) is 0 Å². The van der Waals surface area contributed by atoms with Crippen LogP contribution in [0.1, 0.15) is 23.2 Å². The third-order valence-electron chi connectivity index (χ3n) is 2.83. The Labute approximate surface area is 125 Å². The van der Waals surface area contributed by atoms with Crippen LogP contribution in [0.15, 0.2) is 46.3 Å². The van der Waals surface area contributed by atoms with Crippen LogP contribution in [0.3, 0.4) is 0 Å². The molecule has 0 saturated heterocycles. The Bertz CT molecular complexity index is 733. The zero-order valence-corrected chi connectivity index (χ0v) is 12.1. The zero-order valence-electron chi connectivity index (χ0n) is 11.3. The molecule has 2 aromatic heterocycles. The number of ketones is 1. The Kier molecular flexibility index (Phi) is 3.79. The van der Waals surface area contributed by atoms with Gasteiger partial charge in [-0.1, -0.05) is 11.2 Å². The van der Waals surface area contributed by atoms with Gasteiger partial charge in [0, 0.05) is 5.56 Å². The monoisotopic (exact) mass is 300 g/mol. The fourth-order valence-corrected chi connectivity index (χ4v) is 2.40. The molecule has 0 radical (unpaired) electrons. The number of carbonyl (C=O) groups is 1. The molecule has 0 atom stereocenters. The number of thiophene rings is 1. The number of Topliss-reactive ketones (excluding diaryl/α,β-unsaturated/α-hetero) is 1. The highest BCUT2D eigenvalue weighted by Crippen LogP contribution is 2.21. The van der Waals surface area contributed by atoms with Crippen LogP contribution in [0.2, 0.25) is 0 Å². The zero-order chi connectivity index (χ0) is 14.7. The van der Waals surface area contributed by atoms with Crippen LogP contribution in [-0.2, 0) is 6.61 Å². The molecule has 0 N–H and O–H groups in total. The molecule has 3 aromatic rings. The summed E-state index contributed by atoms with van der Waals surface area (Å²) in [6.07, 6.45) is 0. The third-order valence-corrected chi connectivity index (χ3v) is 3.70. The Balaban J connectivity index is 1.64. The molecular formula is C15H12N2O3S. The maximum absolute atomic E-state index is 11.2. The molecule has 0 fully saturated rings. The first kappa shape index (κ1) is 13.5. The first-order valence-electron chi connectivity index (χ1n) is 6.32. The molecule has 0 spiro atoms. The molecule has 1 aromatic carbocycles. The van der Waals surface area contributed by atoms with Crippen molar-refractivity contribution in [3.05, 3.63) is 53.2 Å². The number of aromatic nitrogens is 2. The van der Waals surface area contributed by atoms with Crippen LogP contribution in [0.25, 0.3) is 10.7 Å². The van der Waals surface area contributed by atoms with Crippen LogP contribution >= 0.6 is 11.3 Å². The van der Waals surface area contributed by atoms with Crippen molar-refractivity contribution in [3.63, 3.8) is 0 Å². The summed E-state index contributed by atoms with van der Waals surface area (Å²) < 4.78 is 10.7. The summed E-state index contributed by atoms with van der Waals surface area (Å²) in [7, 11) is 0.